The number of hydrogen-bond acceptors (Lipinski definition) is 3. The lowest BCUT2D eigenvalue weighted by atomic mass is 10.0. The Morgan fingerprint density at radius 1 is 1.20 bits per heavy atom. The lowest BCUT2D eigenvalue weighted by molar-refractivity contribution is -0.0576. The first-order valence-electron chi connectivity index (χ1n) is 7.09. The molecule has 0 unspecified atom stereocenters. The first-order chi connectivity index (χ1) is 9.62. The molecule has 1 heterocycles. The maximum atomic E-state index is 14.2. The Balaban J connectivity index is 1.83. The second-order valence-corrected chi connectivity index (χ2v) is 5.21. The van der Waals surface area contributed by atoms with E-state index in [2.05, 4.69) is 0 Å². The van der Waals surface area contributed by atoms with Gasteiger partial charge in [0.2, 0.25) is 0 Å². The number of nitrogens with two attached hydrogens (primary N) is 1. The van der Waals surface area contributed by atoms with Crippen molar-refractivity contribution in [3.05, 3.63) is 35.9 Å². The molecule has 1 aliphatic heterocycles. The summed E-state index contributed by atoms with van der Waals surface area (Å²) in [7, 11) is 0. The molecule has 3 nitrogen and oxygen atoms in total. The Kier molecular flexibility index (Phi) is 5.46. The molecule has 0 bridgehead atoms. The molecule has 1 aromatic rings. The van der Waals surface area contributed by atoms with Crippen molar-refractivity contribution in [1.29, 1.82) is 0 Å². The molecule has 20 heavy (non-hydrogen) atoms. The summed E-state index contributed by atoms with van der Waals surface area (Å²) in [5, 5.41) is 0. The van der Waals surface area contributed by atoms with E-state index in [1.54, 1.807) is 18.2 Å². The van der Waals surface area contributed by atoms with Crippen LogP contribution in [0.5, 0.6) is 0 Å². The van der Waals surface area contributed by atoms with Crippen LogP contribution in [0.25, 0.3) is 0 Å². The van der Waals surface area contributed by atoms with Crippen molar-refractivity contribution in [3.8, 4) is 0 Å². The average molecular weight is 284 g/mol. The van der Waals surface area contributed by atoms with Crippen molar-refractivity contribution in [2.24, 2.45) is 5.73 Å². The first kappa shape index (κ1) is 15.4. The third-order valence-electron chi connectivity index (χ3n) is 3.62. The number of halogens is 2. The molecule has 0 saturated carbocycles. The zero-order valence-corrected chi connectivity index (χ0v) is 11.6. The van der Waals surface area contributed by atoms with Crippen molar-refractivity contribution < 1.29 is 13.5 Å². The number of nitrogens with zero attached hydrogens (tertiary/aromatic N) is 1. The highest BCUT2D eigenvalue weighted by atomic mass is 19.3. The van der Waals surface area contributed by atoms with Gasteiger partial charge in [-0.3, -0.25) is 4.90 Å². The third-order valence-corrected chi connectivity index (χ3v) is 3.62. The number of hydrogen-bond donors (Lipinski definition) is 1. The van der Waals surface area contributed by atoms with Gasteiger partial charge in [0.25, 0.3) is 5.92 Å². The molecule has 0 aromatic heterocycles. The van der Waals surface area contributed by atoms with E-state index in [4.69, 9.17) is 10.5 Å². The fraction of sp³-hybridized carbons (Fsp3) is 0.600. The SMILES string of the molecule is NCCOC1CCN(CC(F)(F)c2ccccc2)CC1. The molecule has 112 valence electrons. The molecule has 0 aliphatic carbocycles. The average Bonchev–Trinajstić information content (AvgIpc) is 2.47. The highest BCUT2D eigenvalue weighted by molar-refractivity contribution is 5.20. The van der Waals surface area contributed by atoms with E-state index < -0.39 is 5.92 Å². The molecular formula is C15H22F2N2O. The summed E-state index contributed by atoms with van der Waals surface area (Å²) in [5.41, 5.74) is 5.47. The van der Waals surface area contributed by atoms with Crippen LogP contribution < -0.4 is 5.73 Å². The summed E-state index contributed by atoms with van der Waals surface area (Å²) in [4.78, 5) is 1.81. The van der Waals surface area contributed by atoms with Crippen LogP contribution in [-0.2, 0) is 10.7 Å². The van der Waals surface area contributed by atoms with Gasteiger partial charge in [0, 0.05) is 25.2 Å². The zero-order valence-electron chi connectivity index (χ0n) is 11.6. The van der Waals surface area contributed by atoms with Crippen LogP contribution >= 0.6 is 0 Å². The largest absolute Gasteiger partial charge is 0.377 e. The minimum absolute atomic E-state index is 0.0847. The van der Waals surface area contributed by atoms with Gasteiger partial charge >= 0.3 is 0 Å². The van der Waals surface area contributed by atoms with Crippen LogP contribution in [0.2, 0.25) is 0 Å². The minimum Gasteiger partial charge on any atom is -0.377 e. The van der Waals surface area contributed by atoms with E-state index >= 15 is 0 Å². The summed E-state index contributed by atoms with van der Waals surface area (Å²) in [6, 6.07) is 8.01. The van der Waals surface area contributed by atoms with Gasteiger partial charge < -0.3 is 10.5 Å². The van der Waals surface area contributed by atoms with Crippen LogP contribution in [-0.4, -0.2) is 43.8 Å². The van der Waals surface area contributed by atoms with Gasteiger partial charge in [-0.05, 0) is 12.8 Å². The quantitative estimate of drug-likeness (QED) is 0.870. The fourth-order valence-corrected chi connectivity index (χ4v) is 2.52. The van der Waals surface area contributed by atoms with Gasteiger partial charge in [-0.25, -0.2) is 0 Å². The summed E-state index contributed by atoms with van der Waals surface area (Å²) in [5.74, 6) is -2.80. The second kappa shape index (κ2) is 7.11. The number of rotatable bonds is 6. The predicted molar refractivity (Wildman–Crippen MR) is 74.8 cm³/mol. The number of benzene rings is 1. The minimum atomic E-state index is -2.80. The molecule has 5 heteroatoms. The van der Waals surface area contributed by atoms with E-state index in [0.717, 1.165) is 12.8 Å². The highest BCUT2D eigenvalue weighted by Crippen LogP contribution is 2.29. The van der Waals surface area contributed by atoms with E-state index in [-0.39, 0.29) is 18.2 Å². The van der Waals surface area contributed by atoms with E-state index in [1.165, 1.54) is 12.1 Å². The molecular weight excluding hydrogens is 262 g/mol. The van der Waals surface area contributed by atoms with Crippen molar-refractivity contribution in [2.75, 3.05) is 32.8 Å². The lowest BCUT2D eigenvalue weighted by Crippen LogP contribution is -2.42. The number of alkyl halides is 2. The Labute approximate surface area is 118 Å². The van der Waals surface area contributed by atoms with Crippen LogP contribution in [0.1, 0.15) is 18.4 Å². The Hall–Kier alpha value is -1.04. The topological polar surface area (TPSA) is 38.5 Å². The van der Waals surface area contributed by atoms with Gasteiger partial charge in [-0.2, -0.15) is 8.78 Å². The number of likely N-dealkylation sites (tertiary alicyclic amines) is 1. The van der Waals surface area contributed by atoms with Crippen molar-refractivity contribution in [1.82, 2.24) is 4.90 Å². The molecule has 1 aromatic carbocycles. The van der Waals surface area contributed by atoms with Crippen molar-refractivity contribution in [3.63, 3.8) is 0 Å². The lowest BCUT2D eigenvalue weighted by Gasteiger charge is -2.34. The summed E-state index contributed by atoms with van der Waals surface area (Å²) < 4.78 is 33.9. The van der Waals surface area contributed by atoms with E-state index in [0.29, 0.717) is 26.2 Å². The zero-order chi connectivity index (χ0) is 14.4. The molecule has 0 atom stereocenters. The van der Waals surface area contributed by atoms with Gasteiger partial charge in [0.15, 0.2) is 0 Å². The third kappa shape index (κ3) is 4.23. The second-order valence-electron chi connectivity index (χ2n) is 5.21. The molecule has 1 saturated heterocycles. The van der Waals surface area contributed by atoms with Crippen LogP contribution in [0.4, 0.5) is 8.78 Å². The van der Waals surface area contributed by atoms with Crippen molar-refractivity contribution in [2.45, 2.75) is 24.9 Å². The monoisotopic (exact) mass is 284 g/mol. The van der Waals surface area contributed by atoms with Crippen LogP contribution in [0.15, 0.2) is 30.3 Å². The molecule has 1 fully saturated rings. The molecule has 1 aliphatic rings. The Morgan fingerprint density at radius 2 is 1.85 bits per heavy atom. The number of piperidine rings is 1. The maximum absolute atomic E-state index is 14.2. The fourth-order valence-electron chi connectivity index (χ4n) is 2.52. The molecule has 2 rings (SSSR count). The number of ether oxygens (including phenoxy) is 1. The standard InChI is InChI=1S/C15H22F2N2O/c16-15(17,13-4-2-1-3-5-13)12-19-9-6-14(7-10-19)20-11-8-18/h1-5,14H,6-12,18H2. The van der Waals surface area contributed by atoms with Gasteiger partial charge in [-0.1, -0.05) is 30.3 Å². The summed E-state index contributed by atoms with van der Waals surface area (Å²) in [6.45, 7) is 2.13. The molecule has 2 N–H and O–H groups in total. The van der Waals surface area contributed by atoms with Crippen LogP contribution in [0.3, 0.4) is 0 Å². The van der Waals surface area contributed by atoms with E-state index in [9.17, 15) is 8.78 Å². The smallest absolute Gasteiger partial charge is 0.285 e. The Morgan fingerprint density at radius 3 is 2.45 bits per heavy atom. The van der Waals surface area contributed by atoms with Gasteiger partial charge in [0.1, 0.15) is 0 Å². The highest BCUT2D eigenvalue weighted by Gasteiger charge is 2.35. The van der Waals surface area contributed by atoms with Crippen molar-refractivity contribution >= 4 is 0 Å². The normalized spacial score (nSPS) is 18.4. The molecule has 0 amide bonds. The van der Waals surface area contributed by atoms with E-state index in [1.807, 2.05) is 4.90 Å². The van der Waals surface area contributed by atoms with Gasteiger partial charge in [0.05, 0.1) is 19.3 Å². The summed E-state index contributed by atoms with van der Waals surface area (Å²) in [6.07, 6.45) is 1.76. The maximum Gasteiger partial charge on any atom is 0.285 e. The predicted octanol–water partition coefficient (Wildman–Crippen LogP) is 2.22. The Bertz CT molecular complexity index is 392. The first-order valence-corrected chi connectivity index (χ1v) is 7.09. The molecule has 0 spiro atoms. The van der Waals surface area contributed by atoms with Crippen LogP contribution in [0, 0.1) is 0 Å². The molecule has 0 radical (unpaired) electrons. The van der Waals surface area contributed by atoms with Gasteiger partial charge in [-0.15, -0.1) is 0 Å². The summed E-state index contributed by atoms with van der Waals surface area (Å²) >= 11 is 0.